The van der Waals surface area contributed by atoms with Gasteiger partial charge in [-0.25, -0.2) is 0 Å². The highest BCUT2D eigenvalue weighted by Crippen LogP contribution is 2.33. The summed E-state index contributed by atoms with van der Waals surface area (Å²) in [7, 11) is 1.54. The van der Waals surface area contributed by atoms with Gasteiger partial charge in [-0.2, -0.15) is 0 Å². The maximum atomic E-state index is 12.6. The summed E-state index contributed by atoms with van der Waals surface area (Å²) in [5.41, 5.74) is 0.649. The first kappa shape index (κ1) is 22.0. The summed E-state index contributed by atoms with van der Waals surface area (Å²) >= 11 is 2.47. The number of thioether (sulfide) groups is 1. The Bertz CT molecular complexity index is 920. The first-order chi connectivity index (χ1) is 14.5. The number of rotatable bonds is 9. The Hall–Kier alpha value is -2.66. The molecule has 3 amide bonds. The maximum Gasteiger partial charge on any atom is 0.231 e. The third kappa shape index (κ3) is 5.48. The van der Waals surface area contributed by atoms with Gasteiger partial charge in [0, 0.05) is 19.5 Å². The van der Waals surface area contributed by atoms with Gasteiger partial charge in [0.25, 0.3) is 0 Å². The van der Waals surface area contributed by atoms with E-state index >= 15 is 0 Å². The van der Waals surface area contributed by atoms with E-state index < -0.39 is 5.92 Å². The average molecular weight is 450 g/mol. The molecule has 2 N–H and O–H groups in total. The van der Waals surface area contributed by atoms with E-state index in [4.69, 9.17) is 4.74 Å². The zero-order chi connectivity index (χ0) is 21.5. The fourth-order valence-corrected chi connectivity index (χ4v) is 4.52. The maximum absolute atomic E-state index is 12.6. The molecule has 0 spiro atoms. The summed E-state index contributed by atoms with van der Waals surface area (Å²) in [6.45, 7) is 2.90. The predicted molar refractivity (Wildman–Crippen MR) is 116 cm³/mol. The van der Waals surface area contributed by atoms with Crippen molar-refractivity contribution in [3.05, 3.63) is 24.3 Å². The third-order valence-electron chi connectivity index (χ3n) is 4.41. The quantitative estimate of drug-likeness (QED) is 0.445. The number of carbonyl (C=O) groups is 3. The second kappa shape index (κ2) is 10.4. The largest absolute Gasteiger partial charge is 0.495 e. The number of carbonyl (C=O) groups excluding carboxylic acids is 3. The number of hydrogen-bond donors (Lipinski definition) is 2. The van der Waals surface area contributed by atoms with Gasteiger partial charge in [0.05, 0.1) is 24.5 Å². The van der Waals surface area contributed by atoms with Gasteiger partial charge >= 0.3 is 0 Å². The molecule has 0 aliphatic carbocycles. The summed E-state index contributed by atoms with van der Waals surface area (Å²) in [5.74, 6) is -0.153. The highest BCUT2D eigenvalue weighted by atomic mass is 32.2. The highest BCUT2D eigenvalue weighted by molar-refractivity contribution is 8.01. The van der Waals surface area contributed by atoms with Crippen molar-refractivity contribution in [1.29, 1.82) is 0 Å². The molecule has 160 valence electrons. The Morgan fingerprint density at radius 1 is 1.33 bits per heavy atom. The lowest BCUT2D eigenvalue weighted by atomic mass is 10.1. The molecule has 1 aromatic heterocycles. The van der Waals surface area contributed by atoms with Crippen LogP contribution in [0.25, 0.3) is 0 Å². The molecule has 11 heteroatoms. The number of para-hydroxylation sites is 2. The van der Waals surface area contributed by atoms with Crippen molar-refractivity contribution < 1.29 is 19.1 Å². The zero-order valence-electron chi connectivity index (χ0n) is 16.7. The Kier molecular flexibility index (Phi) is 7.63. The van der Waals surface area contributed by atoms with Crippen LogP contribution in [-0.4, -0.2) is 53.9 Å². The summed E-state index contributed by atoms with van der Waals surface area (Å²) in [6.07, 6.45) is 0.992. The molecule has 2 heterocycles. The Morgan fingerprint density at radius 3 is 2.90 bits per heavy atom. The molecule has 2 aromatic rings. The fourth-order valence-electron chi connectivity index (χ4n) is 2.94. The normalized spacial score (nSPS) is 15.9. The van der Waals surface area contributed by atoms with Crippen LogP contribution >= 0.6 is 23.1 Å². The Morgan fingerprint density at radius 2 is 2.13 bits per heavy atom. The first-order valence-electron chi connectivity index (χ1n) is 9.49. The predicted octanol–water partition coefficient (Wildman–Crippen LogP) is 2.16. The summed E-state index contributed by atoms with van der Waals surface area (Å²) < 4.78 is 5.91. The van der Waals surface area contributed by atoms with Crippen molar-refractivity contribution in [3.8, 4) is 5.75 Å². The molecule has 30 heavy (non-hydrogen) atoms. The standard InChI is InChI=1S/C19H23N5O4S2/c1-3-8-20-15(25)11-29-19-23-22-18(30-19)21-17(27)12-9-16(26)24(10-12)13-6-4-5-7-14(13)28-2/h4-7,12H,3,8-11H2,1-2H3,(H,20,25)(H,21,22,27). The second-order valence-electron chi connectivity index (χ2n) is 6.58. The van der Waals surface area contributed by atoms with E-state index in [0.717, 1.165) is 6.42 Å². The fraction of sp³-hybridized carbons (Fsp3) is 0.421. The Labute approximate surface area is 182 Å². The van der Waals surface area contributed by atoms with Crippen molar-refractivity contribution in [2.75, 3.05) is 36.2 Å². The van der Waals surface area contributed by atoms with Crippen LogP contribution in [0, 0.1) is 5.92 Å². The van der Waals surface area contributed by atoms with E-state index in [9.17, 15) is 14.4 Å². The molecule has 0 bridgehead atoms. The monoisotopic (exact) mass is 449 g/mol. The van der Waals surface area contributed by atoms with Gasteiger partial charge in [-0.15, -0.1) is 10.2 Å². The molecule has 0 saturated carbocycles. The van der Waals surface area contributed by atoms with Gasteiger partial charge in [0.15, 0.2) is 4.34 Å². The minimum atomic E-state index is -0.498. The van der Waals surface area contributed by atoms with Crippen LogP contribution in [0.4, 0.5) is 10.8 Å². The van der Waals surface area contributed by atoms with E-state index in [-0.39, 0.29) is 36.4 Å². The summed E-state index contributed by atoms with van der Waals surface area (Å²) in [5, 5.41) is 13.8. The number of amides is 3. The van der Waals surface area contributed by atoms with Crippen LogP contribution in [0.3, 0.4) is 0 Å². The van der Waals surface area contributed by atoms with Gasteiger partial charge in [-0.1, -0.05) is 42.2 Å². The van der Waals surface area contributed by atoms with Crippen molar-refractivity contribution in [2.45, 2.75) is 24.1 Å². The molecule has 3 rings (SSSR count). The van der Waals surface area contributed by atoms with E-state index in [1.54, 1.807) is 24.1 Å². The molecule has 9 nitrogen and oxygen atoms in total. The minimum absolute atomic E-state index is 0.0662. The molecule has 1 unspecified atom stereocenters. The molecule has 1 aliphatic rings. The number of anilines is 2. The summed E-state index contributed by atoms with van der Waals surface area (Å²) in [6, 6.07) is 7.22. The van der Waals surface area contributed by atoms with Gasteiger partial charge in [0.2, 0.25) is 22.9 Å². The molecule has 1 atom stereocenters. The van der Waals surface area contributed by atoms with Gasteiger partial charge in [-0.05, 0) is 18.6 Å². The molecular weight excluding hydrogens is 426 g/mol. The van der Waals surface area contributed by atoms with Crippen molar-refractivity contribution in [1.82, 2.24) is 15.5 Å². The average Bonchev–Trinajstić information content (AvgIpc) is 3.36. The minimum Gasteiger partial charge on any atom is -0.495 e. The Balaban J connectivity index is 1.55. The zero-order valence-corrected chi connectivity index (χ0v) is 18.3. The van der Waals surface area contributed by atoms with Gasteiger partial charge in [-0.3, -0.25) is 14.4 Å². The lowest BCUT2D eigenvalue weighted by Gasteiger charge is -2.19. The van der Waals surface area contributed by atoms with Gasteiger partial charge in [0.1, 0.15) is 5.75 Å². The first-order valence-corrected chi connectivity index (χ1v) is 11.3. The lowest BCUT2D eigenvalue weighted by molar-refractivity contribution is -0.122. The molecule has 1 saturated heterocycles. The number of aromatic nitrogens is 2. The van der Waals surface area contributed by atoms with Crippen LogP contribution in [0.5, 0.6) is 5.75 Å². The van der Waals surface area contributed by atoms with Gasteiger partial charge < -0.3 is 20.3 Å². The van der Waals surface area contributed by atoms with Crippen LogP contribution in [0.1, 0.15) is 19.8 Å². The SMILES string of the molecule is CCCNC(=O)CSc1nnc(NC(=O)C2CC(=O)N(c3ccccc3OC)C2)s1. The van der Waals surface area contributed by atoms with E-state index in [1.165, 1.54) is 23.1 Å². The number of methoxy groups -OCH3 is 1. The van der Waals surface area contributed by atoms with E-state index in [1.807, 2.05) is 19.1 Å². The van der Waals surface area contributed by atoms with Crippen molar-refractivity contribution in [2.24, 2.45) is 5.92 Å². The topological polar surface area (TPSA) is 114 Å². The number of nitrogens with one attached hydrogen (secondary N) is 2. The van der Waals surface area contributed by atoms with Crippen LogP contribution in [0.15, 0.2) is 28.6 Å². The van der Waals surface area contributed by atoms with Crippen LogP contribution < -0.4 is 20.3 Å². The molecule has 0 radical (unpaired) electrons. The number of nitrogens with zero attached hydrogens (tertiary/aromatic N) is 3. The number of hydrogen-bond acceptors (Lipinski definition) is 8. The molecular formula is C19H23N5O4S2. The number of ether oxygens (including phenoxy) is 1. The lowest BCUT2D eigenvalue weighted by Crippen LogP contribution is -2.28. The second-order valence-corrected chi connectivity index (χ2v) is 8.78. The number of benzene rings is 1. The smallest absolute Gasteiger partial charge is 0.231 e. The van der Waals surface area contributed by atoms with Crippen molar-refractivity contribution >= 4 is 51.6 Å². The highest BCUT2D eigenvalue weighted by Gasteiger charge is 2.36. The van der Waals surface area contributed by atoms with Crippen LogP contribution in [0.2, 0.25) is 0 Å². The van der Waals surface area contributed by atoms with Crippen molar-refractivity contribution in [3.63, 3.8) is 0 Å². The molecule has 1 fully saturated rings. The third-order valence-corrected chi connectivity index (χ3v) is 6.38. The molecule has 1 aliphatic heterocycles. The van der Waals surface area contributed by atoms with E-state index in [0.29, 0.717) is 27.5 Å². The molecule has 1 aromatic carbocycles. The van der Waals surface area contributed by atoms with Crippen LogP contribution in [-0.2, 0) is 14.4 Å². The van der Waals surface area contributed by atoms with E-state index in [2.05, 4.69) is 20.8 Å². The summed E-state index contributed by atoms with van der Waals surface area (Å²) in [4.78, 5) is 38.3.